The molecule has 1 aromatic heterocycles. The summed E-state index contributed by atoms with van der Waals surface area (Å²) in [6, 6.07) is 12.9. The molecule has 3 rings (SSSR count). The second kappa shape index (κ2) is 6.99. The fourth-order valence-electron chi connectivity index (χ4n) is 2.60. The maximum atomic E-state index is 12.0. The second-order valence-corrected chi connectivity index (χ2v) is 5.90. The van der Waals surface area contributed by atoms with Gasteiger partial charge in [-0.05, 0) is 36.8 Å². The molecular weight excluding hydrogens is 340 g/mol. The molecule has 1 N–H and O–H groups in total. The monoisotopic (exact) mass is 356 g/mol. The van der Waals surface area contributed by atoms with Gasteiger partial charge in [0.2, 0.25) is 0 Å². The van der Waals surface area contributed by atoms with Crippen molar-refractivity contribution in [2.24, 2.45) is 0 Å². The normalized spacial score (nSPS) is 10.6. The molecule has 0 bridgehead atoms. The van der Waals surface area contributed by atoms with E-state index in [1.165, 1.54) is 7.11 Å². The summed E-state index contributed by atoms with van der Waals surface area (Å²) in [5.74, 6) is 0.110. The third-order valence-electron chi connectivity index (χ3n) is 3.87. The summed E-state index contributed by atoms with van der Waals surface area (Å²) in [6.45, 7) is 1.95. The third kappa shape index (κ3) is 3.37. The SMILES string of the molecule is COC(=O)c1cc(Nc2ccc(OC)c(Cl)c2)c2cccc(C)c2n1. The average molecular weight is 357 g/mol. The molecule has 0 saturated carbocycles. The maximum Gasteiger partial charge on any atom is 0.356 e. The van der Waals surface area contributed by atoms with Crippen LogP contribution in [0.1, 0.15) is 16.1 Å². The number of nitrogens with one attached hydrogen (secondary N) is 1. The third-order valence-corrected chi connectivity index (χ3v) is 4.16. The first-order valence-corrected chi connectivity index (χ1v) is 8.00. The number of halogens is 1. The van der Waals surface area contributed by atoms with Gasteiger partial charge >= 0.3 is 5.97 Å². The molecule has 0 amide bonds. The Kier molecular flexibility index (Phi) is 4.76. The van der Waals surface area contributed by atoms with Crippen molar-refractivity contribution in [3.05, 3.63) is 58.7 Å². The summed E-state index contributed by atoms with van der Waals surface area (Å²) in [6.07, 6.45) is 0. The van der Waals surface area contributed by atoms with Crippen molar-refractivity contribution >= 4 is 39.8 Å². The van der Waals surface area contributed by atoms with Crippen molar-refractivity contribution in [3.8, 4) is 5.75 Å². The van der Waals surface area contributed by atoms with E-state index in [0.29, 0.717) is 10.8 Å². The largest absolute Gasteiger partial charge is 0.495 e. The summed E-state index contributed by atoms with van der Waals surface area (Å²) < 4.78 is 9.98. The zero-order valence-electron chi connectivity index (χ0n) is 14.1. The van der Waals surface area contributed by atoms with Gasteiger partial charge in [-0.15, -0.1) is 0 Å². The van der Waals surface area contributed by atoms with E-state index in [0.717, 1.165) is 27.8 Å². The van der Waals surface area contributed by atoms with E-state index in [2.05, 4.69) is 10.3 Å². The number of anilines is 2. The molecule has 6 heteroatoms. The fraction of sp³-hybridized carbons (Fsp3) is 0.158. The number of aryl methyl sites for hydroxylation is 1. The van der Waals surface area contributed by atoms with Gasteiger partial charge in [-0.25, -0.2) is 9.78 Å². The zero-order valence-corrected chi connectivity index (χ0v) is 14.8. The van der Waals surface area contributed by atoms with Gasteiger partial charge in [-0.1, -0.05) is 29.8 Å². The second-order valence-electron chi connectivity index (χ2n) is 5.49. The van der Waals surface area contributed by atoms with Crippen LogP contribution < -0.4 is 10.1 Å². The molecule has 0 aliphatic carbocycles. The molecule has 0 spiro atoms. The molecule has 0 fully saturated rings. The van der Waals surface area contributed by atoms with E-state index in [9.17, 15) is 4.79 Å². The number of fused-ring (bicyclic) bond motifs is 1. The number of hydrogen-bond donors (Lipinski definition) is 1. The molecule has 2 aromatic carbocycles. The number of para-hydroxylation sites is 1. The Hall–Kier alpha value is -2.79. The first kappa shape index (κ1) is 17.0. The van der Waals surface area contributed by atoms with Gasteiger partial charge in [0.25, 0.3) is 0 Å². The number of methoxy groups -OCH3 is 2. The van der Waals surface area contributed by atoms with E-state index in [-0.39, 0.29) is 5.69 Å². The van der Waals surface area contributed by atoms with Crippen LogP contribution in [0.15, 0.2) is 42.5 Å². The lowest BCUT2D eigenvalue weighted by molar-refractivity contribution is 0.0594. The number of carbonyl (C=O) groups excluding carboxylic acids is 1. The number of hydrogen-bond acceptors (Lipinski definition) is 5. The lowest BCUT2D eigenvalue weighted by atomic mass is 10.1. The van der Waals surface area contributed by atoms with Crippen molar-refractivity contribution in [3.63, 3.8) is 0 Å². The fourth-order valence-corrected chi connectivity index (χ4v) is 2.86. The number of carbonyl (C=O) groups is 1. The highest BCUT2D eigenvalue weighted by atomic mass is 35.5. The highest BCUT2D eigenvalue weighted by molar-refractivity contribution is 6.32. The molecule has 0 radical (unpaired) electrons. The molecule has 1 heterocycles. The number of benzene rings is 2. The van der Waals surface area contributed by atoms with Crippen molar-refractivity contribution in [1.82, 2.24) is 4.98 Å². The van der Waals surface area contributed by atoms with Gasteiger partial charge < -0.3 is 14.8 Å². The van der Waals surface area contributed by atoms with E-state index in [1.54, 1.807) is 25.3 Å². The average Bonchev–Trinajstić information content (AvgIpc) is 2.62. The smallest absolute Gasteiger partial charge is 0.356 e. The van der Waals surface area contributed by atoms with Crippen LogP contribution in [0.4, 0.5) is 11.4 Å². The Morgan fingerprint density at radius 1 is 1.16 bits per heavy atom. The highest BCUT2D eigenvalue weighted by Crippen LogP contribution is 2.32. The highest BCUT2D eigenvalue weighted by Gasteiger charge is 2.14. The number of aromatic nitrogens is 1. The van der Waals surface area contributed by atoms with Crippen LogP contribution in [-0.4, -0.2) is 25.2 Å². The van der Waals surface area contributed by atoms with Gasteiger partial charge in [-0.2, -0.15) is 0 Å². The Labute approximate surface area is 150 Å². The Bertz CT molecular complexity index is 957. The van der Waals surface area contributed by atoms with Crippen LogP contribution >= 0.6 is 11.6 Å². The molecule has 25 heavy (non-hydrogen) atoms. The van der Waals surface area contributed by atoms with Crippen LogP contribution in [0.25, 0.3) is 10.9 Å². The van der Waals surface area contributed by atoms with Crippen LogP contribution in [0.5, 0.6) is 5.75 Å². The minimum Gasteiger partial charge on any atom is -0.495 e. The van der Waals surface area contributed by atoms with Gasteiger partial charge in [0.15, 0.2) is 5.69 Å². The van der Waals surface area contributed by atoms with Crippen molar-refractivity contribution in [2.75, 3.05) is 19.5 Å². The Morgan fingerprint density at radius 3 is 2.64 bits per heavy atom. The van der Waals surface area contributed by atoms with Crippen molar-refractivity contribution in [1.29, 1.82) is 0 Å². The van der Waals surface area contributed by atoms with Gasteiger partial charge in [-0.3, -0.25) is 0 Å². The van der Waals surface area contributed by atoms with Gasteiger partial charge in [0, 0.05) is 11.1 Å². The number of rotatable bonds is 4. The minimum absolute atomic E-state index is 0.242. The van der Waals surface area contributed by atoms with Crippen LogP contribution in [-0.2, 0) is 4.74 Å². The zero-order chi connectivity index (χ0) is 18.0. The number of nitrogens with zero attached hydrogens (tertiary/aromatic N) is 1. The van der Waals surface area contributed by atoms with Crippen molar-refractivity contribution < 1.29 is 14.3 Å². The van der Waals surface area contributed by atoms with Crippen LogP contribution in [0.2, 0.25) is 5.02 Å². The summed E-state index contributed by atoms with van der Waals surface area (Å²) in [5, 5.41) is 4.70. The quantitative estimate of drug-likeness (QED) is 0.684. The molecule has 0 aliphatic heterocycles. The molecular formula is C19H17ClN2O3. The summed E-state index contributed by atoms with van der Waals surface area (Å²) in [4.78, 5) is 16.4. The number of esters is 1. The topological polar surface area (TPSA) is 60.5 Å². The lowest BCUT2D eigenvalue weighted by Crippen LogP contribution is -2.06. The first-order chi connectivity index (χ1) is 12.0. The molecule has 0 saturated heterocycles. The molecule has 3 aromatic rings. The number of ether oxygens (including phenoxy) is 2. The standard InChI is InChI=1S/C19H17ClN2O3/c1-11-5-4-6-13-15(10-16(19(23)25-3)22-18(11)13)21-12-7-8-17(24-2)14(20)9-12/h4-10H,1-3H3,(H,21,22). The lowest BCUT2D eigenvalue weighted by Gasteiger charge is -2.13. The van der Waals surface area contributed by atoms with E-state index >= 15 is 0 Å². The van der Waals surface area contributed by atoms with Gasteiger partial charge in [0.1, 0.15) is 5.75 Å². The maximum absolute atomic E-state index is 12.0. The van der Waals surface area contributed by atoms with Crippen LogP contribution in [0.3, 0.4) is 0 Å². The number of pyridine rings is 1. The van der Waals surface area contributed by atoms with Gasteiger partial charge in [0.05, 0.1) is 30.4 Å². The predicted molar refractivity (Wildman–Crippen MR) is 99.1 cm³/mol. The van der Waals surface area contributed by atoms with Crippen LogP contribution in [0, 0.1) is 6.92 Å². The van der Waals surface area contributed by atoms with E-state index in [4.69, 9.17) is 21.1 Å². The first-order valence-electron chi connectivity index (χ1n) is 7.62. The van der Waals surface area contributed by atoms with Crippen molar-refractivity contribution in [2.45, 2.75) is 6.92 Å². The molecule has 0 aliphatic rings. The Balaban J connectivity index is 2.12. The van der Waals surface area contributed by atoms with E-state index < -0.39 is 5.97 Å². The predicted octanol–water partition coefficient (Wildman–Crippen LogP) is 4.74. The minimum atomic E-state index is -0.485. The van der Waals surface area contributed by atoms with E-state index in [1.807, 2.05) is 31.2 Å². The summed E-state index contributed by atoms with van der Waals surface area (Å²) in [7, 11) is 2.90. The Morgan fingerprint density at radius 2 is 1.96 bits per heavy atom. The molecule has 0 unspecified atom stereocenters. The summed E-state index contributed by atoms with van der Waals surface area (Å²) in [5.41, 5.74) is 3.48. The molecule has 5 nitrogen and oxygen atoms in total. The molecule has 0 atom stereocenters. The molecule has 128 valence electrons. The summed E-state index contributed by atoms with van der Waals surface area (Å²) >= 11 is 6.19.